The van der Waals surface area contributed by atoms with Crippen molar-refractivity contribution in [2.45, 2.75) is 0 Å². The number of hydrogen-bond donors (Lipinski definition) is 2. The van der Waals surface area contributed by atoms with Crippen LogP contribution in [0.3, 0.4) is 0 Å². The van der Waals surface area contributed by atoms with E-state index in [0.29, 0.717) is 28.5 Å². The van der Waals surface area contributed by atoms with E-state index in [4.69, 9.17) is 20.9 Å². The molecule has 2 aromatic rings. The SMILES string of the molecule is COc1cc(N)cc(Oc2ccc(C(N)=O)cc2)c1. The molecule has 4 N–H and O–H groups in total. The van der Waals surface area contributed by atoms with E-state index in [1.165, 1.54) is 0 Å². The second kappa shape index (κ2) is 5.30. The van der Waals surface area contributed by atoms with Crippen LogP contribution in [0, 0.1) is 0 Å². The molecular formula is C14H14N2O3. The zero-order valence-corrected chi connectivity index (χ0v) is 10.4. The summed E-state index contributed by atoms with van der Waals surface area (Å²) in [4.78, 5) is 10.9. The first-order chi connectivity index (χ1) is 9.08. The van der Waals surface area contributed by atoms with Gasteiger partial charge in [0.1, 0.15) is 17.2 Å². The normalized spacial score (nSPS) is 9.95. The van der Waals surface area contributed by atoms with Crippen molar-refractivity contribution in [1.29, 1.82) is 0 Å². The maximum atomic E-state index is 10.9. The van der Waals surface area contributed by atoms with Gasteiger partial charge >= 0.3 is 0 Å². The highest BCUT2D eigenvalue weighted by atomic mass is 16.5. The van der Waals surface area contributed by atoms with Gasteiger partial charge in [-0.1, -0.05) is 0 Å². The van der Waals surface area contributed by atoms with Crippen LogP contribution in [0.2, 0.25) is 0 Å². The van der Waals surface area contributed by atoms with E-state index >= 15 is 0 Å². The van der Waals surface area contributed by atoms with Gasteiger partial charge in [-0.3, -0.25) is 4.79 Å². The summed E-state index contributed by atoms with van der Waals surface area (Å²) >= 11 is 0. The second-order valence-electron chi connectivity index (χ2n) is 3.93. The number of nitrogen functional groups attached to an aromatic ring is 1. The molecule has 19 heavy (non-hydrogen) atoms. The quantitative estimate of drug-likeness (QED) is 0.823. The monoisotopic (exact) mass is 258 g/mol. The highest BCUT2D eigenvalue weighted by molar-refractivity contribution is 5.92. The summed E-state index contributed by atoms with van der Waals surface area (Å²) in [7, 11) is 1.56. The minimum Gasteiger partial charge on any atom is -0.497 e. The number of ether oxygens (including phenoxy) is 2. The molecule has 0 aliphatic carbocycles. The van der Waals surface area contributed by atoms with E-state index in [-0.39, 0.29) is 0 Å². The van der Waals surface area contributed by atoms with Crippen LogP contribution in [-0.2, 0) is 0 Å². The van der Waals surface area contributed by atoms with E-state index in [1.807, 2.05) is 0 Å². The van der Waals surface area contributed by atoms with Gasteiger partial charge in [0.05, 0.1) is 7.11 Å². The molecule has 0 radical (unpaired) electrons. The van der Waals surface area contributed by atoms with E-state index in [0.717, 1.165) is 0 Å². The van der Waals surface area contributed by atoms with Gasteiger partial charge < -0.3 is 20.9 Å². The number of carbonyl (C=O) groups is 1. The van der Waals surface area contributed by atoms with E-state index in [2.05, 4.69) is 0 Å². The lowest BCUT2D eigenvalue weighted by Gasteiger charge is -2.09. The topological polar surface area (TPSA) is 87.6 Å². The molecular weight excluding hydrogens is 244 g/mol. The molecule has 98 valence electrons. The number of carbonyl (C=O) groups excluding carboxylic acids is 1. The number of methoxy groups -OCH3 is 1. The number of rotatable bonds is 4. The molecule has 0 fully saturated rings. The lowest BCUT2D eigenvalue weighted by atomic mass is 10.2. The number of amides is 1. The van der Waals surface area contributed by atoms with E-state index in [9.17, 15) is 4.79 Å². The second-order valence-corrected chi connectivity index (χ2v) is 3.93. The first-order valence-corrected chi connectivity index (χ1v) is 5.61. The molecule has 0 saturated heterocycles. The molecule has 0 spiro atoms. The maximum absolute atomic E-state index is 10.9. The Bertz CT molecular complexity index is 594. The van der Waals surface area contributed by atoms with Crippen LogP contribution < -0.4 is 20.9 Å². The van der Waals surface area contributed by atoms with Crippen molar-refractivity contribution in [3.8, 4) is 17.2 Å². The Morgan fingerprint density at radius 2 is 1.63 bits per heavy atom. The van der Waals surface area contributed by atoms with Crippen LogP contribution in [0.1, 0.15) is 10.4 Å². The highest BCUT2D eigenvalue weighted by Crippen LogP contribution is 2.28. The van der Waals surface area contributed by atoms with E-state index < -0.39 is 5.91 Å². The van der Waals surface area contributed by atoms with Gasteiger partial charge in [-0.15, -0.1) is 0 Å². The van der Waals surface area contributed by atoms with Crippen LogP contribution in [0.5, 0.6) is 17.2 Å². The molecule has 2 aromatic carbocycles. The van der Waals surface area contributed by atoms with Gasteiger partial charge in [-0.2, -0.15) is 0 Å². The first-order valence-electron chi connectivity index (χ1n) is 5.61. The van der Waals surface area contributed by atoms with Crippen LogP contribution in [-0.4, -0.2) is 13.0 Å². The predicted molar refractivity (Wildman–Crippen MR) is 72.4 cm³/mol. The Morgan fingerprint density at radius 1 is 1.00 bits per heavy atom. The van der Waals surface area contributed by atoms with Crippen molar-refractivity contribution >= 4 is 11.6 Å². The molecule has 0 saturated carbocycles. The van der Waals surface area contributed by atoms with Crippen LogP contribution in [0.25, 0.3) is 0 Å². The molecule has 2 rings (SSSR count). The Kier molecular flexibility index (Phi) is 3.56. The Balaban J connectivity index is 2.21. The summed E-state index contributed by atoms with van der Waals surface area (Å²) in [5.74, 6) is 1.28. The molecule has 5 nitrogen and oxygen atoms in total. The van der Waals surface area contributed by atoms with Gasteiger partial charge in [-0.05, 0) is 24.3 Å². The molecule has 0 aliphatic heterocycles. The fourth-order valence-electron chi connectivity index (χ4n) is 1.59. The van der Waals surface area contributed by atoms with Gasteiger partial charge in [-0.25, -0.2) is 0 Å². The number of benzene rings is 2. The summed E-state index contributed by atoms with van der Waals surface area (Å²) in [5.41, 5.74) is 11.9. The van der Waals surface area contributed by atoms with Gasteiger partial charge in [0.2, 0.25) is 5.91 Å². The van der Waals surface area contributed by atoms with Crippen LogP contribution in [0.15, 0.2) is 42.5 Å². The largest absolute Gasteiger partial charge is 0.497 e. The van der Waals surface area contributed by atoms with Gasteiger partial charge in [0, 0.05) is 29.4 Å². The zero-order valence-electron chi connectivity index (χ0n) is 10.4. The highest BCUT2D eigenvalue weighted by Gasteiger charge is 2.04. The Labute approximate surface area is 110 Å². The Morgan fingerprint density at radius 3 is 2.21 bits per heavy atom. The standard InChI is InChI=1S/C14H14N2O3/c1-18-12-6-10(15)7-13(8-12)19-11-4-2-9(3-5-11)14(16)17/h2-8H,15H2,1H3,(H2,16,17). The fraction of sp³-hybridized carbons (Fsp3) is 0.0714. The Hall–Kier alpha value is -2.69. The van der Waals surface area contributed by atoms with Gasteiger partial charge in [0.25, 0.3) is 0 Å². The summed E-state index contributed by atoms with van der Waals surface area (Å²) in [6, 6.07) is 11.6. The summed E-state index contributed by atoms with van der Waals surface area (Å²) < 4.78 is 10.7. The van der Waals surface area contributed by atoms with Crippen molar-refractivity contribution in [3.63, 3.8) is 0 Å². The lowest BCUT2D eigenvalue weighted by Crippen LogP contribution is -2.10. The molecule has 0 aromatic heterocycles. The number of anilines is 1. The van der Waals surface area contributed by atoms with E-state index in [1.54, 1.807) is 49.6 Å². The molecule has 0 unspecified atom stereocenters. The van der Waals surface area contributed by atoms with Crippen molar-refractivity contribution in [2.24, 2.45) is 5.73 Å². The minimum absolute atomic E-state index is 0.428. The smallest absolute Gasteiger partial charge is 0.248 e. The van der Waals surface area contributed by atoms with Crippen molar-refractivity contribution in [3.05, 3.63) is 48.0 Å². The molecule has 0 heterocycles. The predicted octanol–water partition coefficient (Wildman–Crippen LogP) is 2.17. The third-order valence-electron chi connectivity index (χ3n) is 2.51. The van der Waals surface area contributed by atoms with Crippen molar-refractivity contribution < 1.29 is 14.3 Å². The van der Waals surface area contributed by atoms with Crippen molar-refractivity contribution in [2.75, 3.05) is 12.8 Å². The fourth-order valence-corrected chi connectivity index (χ4v) is 1.59. The van der Waals surface area contributed by atoms with Gasteiger partial charge in [0.15, 0.2) is 0 Å². The molecule has 0 aliphatic rings. The summed E-state index contributed by atoms with van der Waals surface area (Å²) in [6.45, 7) is 0. The van der Waals surface area contributed by atoms with Crippen molar-refractivity contribution in [1.82, 2.24) is 0 Å². The third kappa shape index (κ3) is 3.16. The lowest BCUT2D eigenvalue weighted by molar-refractivity contribution is 0.100. The van der Waals surface area contributed by atoms with Crippen LogP contribution in [0.4, 0.5) is 5.69 Å². The molecule has 0 bridgehead atoms. The average molecular weight is 258 g/mol. The first kappa shape index (κ1) is 12.8. The molecule has 1 amide bonds. The zero-order chi connectivity index (χ0) is 13.8. The number of primary amides is 1. The summed E-state index contributed by atoms with van der Waals surface area (Å²) in [5, 5.41) is 0. The summed E-state index contributed by atoms with van der Waals surface area (Å²) in [6.07, 6.45) is 0. The third-order valence-corrected chi connectivity index (χ3v) is 2.51. The average Bonchev–Trinajstić information content (AvgIpc) is 2.38. The molecule has 5 heteroatoms. The number of hydrogen-bond acceptors (Lipinski definition) is 4. The maximum Gasteiger partial charge on any atom is 0.248 e. The number of nitrogens with two attached hydrogens (primary N) is 2. The minimum atomic E-state index is -0.475. The van der Waals surface area contributed by atoms with Crippen LogP contribution >= 0.6 is 0 Å². The molecule has 0 atom stereocenters.